The molecule has 0 N–H and O–H groups in total. The van der Waals surface area contributed by atoms with Crippen LogP contribution in [0, 0.1) is 23.2 Å². The van der Waals surface area contributed by atoms with Crippen LogP contribution in [-0.4, -0.2) is 30.6 Å². The van der Waals surface area contributed by atoms with E-state index in [1.54, 1.807) is 0 Å². The van der Waals surface area contributed by atoms with E-state index in [0.717, 1.165) is 68.0 Å². The molecule has 1 amide bonds. The van der Waals surface area contributed by atoms with Crippen LogP contribution in [-0.2, 0) is 17.8 Å². The Bertz CT molecular complexity index is 736. The van der Waals surface area contributed by atoms with Gasteiger partial charge in [0, 0.05) is 13.1 Å². The Morgan fingerprint density at radius 1 is 0.964 bits per heavy atom. The average molecular weight is 384 g/mol. The predicted octanol–water partition coefficient (Wildman–Crippen LogP) is 4.59. The molecule has 0 atom stereocenters. The van der Waals surface area contributed by atoms with Crippen LogP contribution in [0.3, 0.4) is 0 Å². The summed E-state index contributed by atoms with van der Waals surface area (Å²) in [6.07, 6.45) is 8.51. The van der Waals surface area contributed by atoms with E-state index in [4.69, 9.17) is 9.47 Å². The summed E-state index contributed by atoms with van der Waals surface area (Å²) < 4.78 is 11.6. The lowest BCUT2D eigenvalue weighted by Crippen LogP contribution is -2.55. The van der Waals surface area contributed by atoms with Crippen LogP contribution < -0.4 is 9.47 Å². The number of benzene rings is 1. The van der Waals surface area contributed by atoms with Gasteiger partial charge in [-0.15, -0.1) is 0 Å². The Morgan fingerprint density at radius 3 is 2.04 bits per heavy atom. The van der Waals surface area contributed by atoms with Crippen molar-refractivity contribution in [2.45, 2.75) is 65.3 Å². The Hall–Kier alpha value is -1.71. The number of rotatable bonds is 5. The van der Waals surface area contributed by atoms with Crippen molar-refractivity contribution in [2.75, 3.05) is 19.8 Å². The summed E-state index contributed by atoms with van der Waals surface area (Å²) in [6, 6.07) is 4.25. The van der Waals surface area contributed by atoms with Gasteiger partial charge < -0.3 is 14.4 Å². The number of nitrogens with zero attached hydrogens (tertiary/aromatic N) is 1. The van der Waals surface area contributed by atoms with E-state index >= 15 is 0 Å². The average Bonchev–Trinajstić information content (AvgIpc) is 2.67. The van der Waals surface area contributed by atoms with Crippen molar-refractivity contribution < 1.29 is 14.3 Å². The molecule has 4 nitrogen and oxygen atoms in total. The molecule has 1 aromatic rings. The van der Waals surface area contributed by atoms with Gasteiger partial charge in [0.25, 0.3) is 0 Å². The molecule has 0 radical (unpaired) electrons. The van der Waals surface area contributed by atoms with Gasteiger partial charge in [-0.2, -0.15) is 0 Å². The number of amides is 1. The fraction of sp³-hybridized carbons (Fsp3) is 0.708. The van der Waals surface area contributed by atoms with Crippen molar-refractivity contribution in [3.8, 4) is 11.5 Å². The molecule has 28 heavy (non-hydrogen) atoms. The fourth-order valence-electron chi connectivity index (χ4n) is 6.98. The molecule has 4 aliphatic carbocycles. The van der Waals surface area contributed by atoms with Crippen LogP contribution >= 0.6 is 0 Å². The van der Waals surface area contributed by atoms with E-state index in [1.165, 1.54) is 30.4 Å². The SMILES string of the molecule is CCOc1cc2c(cc1OCC)CN(C(=O)C13CC4CC(CC(C4)C1)C3)CC2. The highest BCUT2D eigenvalue weighted by Gasteiger charge is 2.55. The number of carbonyl (C=O) groups is 1. The van der Waals surface area contributed by atoms with E-state index in [1.807, 2.05) is 13.8 Å². The second-order valence-corrected chi connectivity index (χ2v) is 9.61. The molecule has 4 bridgehead atoms. The third-order valence-corrected chi connectivity index (χ3v) is 7.66. The maximum Gasteiger partial charge on any atom is 0.229 e. The summed E-state index contributed by atoms with van der Waals surface area (Å²) in [5.74, 6) is 4.53. The van der Waals surface area contributed by atoms with Gasteiger partial charge in [0.2, 0.25) is 5.91 Å². The topological polar surface area (TPSA) is 38.8 Å². The largest absolute Gasteiger partial charge is 0.490 e. The zero-order valence-corrected chi connectivity index (χ0v) is 17.3. The van der Waals surface area contributed by atoms with Crippen LogP contribution in [0.1, 0.15) is 63.5 Å². The summed E-state index contributed by atoms with van der Waals surface area (Å²) in [6.45, 7) is 6.82. The van der Waals surface area contributed by atoms with Crippen LogP contribution in [0.2, 0.25) is 0 Å². The monoisotopic (exact) mass is 383 g/mol. The standard InChI is InChI=1S/C24H33NO3/c1-3-27-21-10-19-5-6-25(15-20(19)11-22(21)28-4-2)23(26)24-12-16-7-17(13-24)9-18(8-16)14-24/h10-11,16-18H,3-9,12-15H2,1-2H3. The summed E-state index contributed by atoms with van der Waals surface area (Å²) in [5, 5.41) is 0. The summed E-state index contributed by atoms with van der Waals surface area (Å²) in [4.78, 5) is 15.9. The molecule has 1 aromatic carbocycles. The quantitative estimate of drug-likeness (QED) is 0.747. The maximum absolute atomic E-state index is 13.7. The molecular weight excluding hydrogens is 350 g/mol. The summed E-state index contributed by atoms with van der Waals surface area (Å²) in [5.41, 5.74) is 2.50. The number of fused-ring (bicyclic) bond motifs is 1. The second kappa shape index (κ2) is 6.96. The van der Waals surface area contributed by atoms with E-state index < -0.39 is 0 Å². The molecule has 152 valence electrons. The van der Waals surface area contributed by atoms with E-state index in [9.17, 15) is 4.79 Å². The zero-order chi connectivity index (χ0) is 19.3. The van der Waals surface area contributed by atoms with Crippen molar-refractivity contribution in [3.05, 3.63) is 23.3 Å². The Balaban J connectivity index is 1.38. The normalized spacial score (nSPS) is 32.9. The molecular formula is C24H33NO3. The van der Waals surface area contributed by atoms with Crippen LogP contribution in [0.4, 0.5) is 0 Å². The number of carbonyl (C=O) groups excluding carboxylic acids is 1. The fourth-order valence-corrected chi connectivity index (χ4v) is 6.98. The van der Waals surface area contributed by atoms with Gasteiger partial charge in [0.05, 0.1) is 18.6 Å². The third kappa shape index (κ3) is 3.00. The lowest BCUT2D eigenvalue weighted by Gasteiger charge is -2.56. The highest BCUT2D eigenvalue weighted by molar-refractivity contribution is 5.83. The maximum atomic E-state index is 13.7. The van der Waals surface area contributed by atoms with Gasteiger partial charge in [-0.25, -0.2) is 0 Å². The van der Waals surface area contributed by atoms with E-state index in [-0.39, 0.29) is 5.41 Å². The van der Waals surface area contributed by atoms with E-state index in [0.29, 0.717) is 19.1 Å². The van der Waals surface area contributed by atoms with Gasteiger partial charge in [-0.05, 0) is 99.8 Å². The predicted molar refractivity (Wildman–Crippen MR) is 109 cm³/mol. The van der Waals surface area contributed by atoms with Crippen molar-refractivity contribution >= 4 is 5.91 Å². The lowest BCUT2D eigenvalue weighted by molar-refractivity contribution is -0.158. The first-order chi connectivity index (χ1) is 13.6. The zero-order valence-electron chi connectivity index (χ0n) is 17.3. The number of ether oxygens (including phenoxy) is 2. The van der Waals surface area contributed by atoms with Gasteiger partial charge >= 0.3 is 0 Å². The van der Waals surface area contributed by atoms with Crippen molar-refractivity contribution in [1.82, 2.24) is 4.90 Å². The minimum Gasteiger partial charge on any atom is -0.490 e. The van der Waals surface area contributed by atoms with Crippen molar-refractivity contribution in [1.29, 1.82) is 0 Å². The minimum absolute atomic E-state index is 0.0414. The third-order valence-electron chi connectivity index (χ3n) is 7.66. The van der Waals surface area contributed by atoms with Gasteiger partial charge in [-0.3, -0.25) is 4.79 Å². The molecule has 0 unspecified atom stereocenters. The Kier molecular flexibility index (Phi) is 4.56. The smallest absolute Gasteiger partial charge is 0.229 e. The molecule has 4 saturated carbocycles. The first-order valence-electron chi connectivity index (χ1n) is 11.3. The molecule has 1 aliphatic heterocycles. The molecule has 0 spiro atoms. The molecule has 4 fully saturated rings. The van der Waals surface area contributed by atoms with Gasteiger partial charge in [-0.1, -0.05) is 0 Å². The number of hydrogen-bond donors (Lipinski definition) is 0. The second-order valence-electron chi connectivity index (χ2n) is 9.61. The summed E-state index contributed by atoms with van der Waals surface area (Å²) in [7, 11) is 0. The first kappa shape index (κ1) is 18.3. The molecule has 5 aliphatic rings. The Labute approximate surface area is 168 Å². The molecule has 6 rings (SSSR count). The minimum atomic E-state index is -0.0414. The first-order valence-corrected chi connectivity index (χ1v) is 11.3. The van der Waals surface area contributed by atoms with Crippen molar-refractivity contribution in [3.63, 3.8) is 0 Å². The van der Waals surface area contributed by atoms with E-state index in [2.05, 4.69) is 17.0 Å². The lowest BCUT2D eigenvalue weighted by atomic mass is 9.49. The van der Waals surface area contributed by atoms with Crippen LogP contribution in [0.15, 0.2) is 12.1 Å². The number of hydrogen-bond acceptors (Lipinski definition) is 3. The summed E-state index contributed by atoms with van der Waals surface area (Å²) >= 11 is 0. The molecule has 0 aromatic heterocycles. The van der Waals surface area contributed by atoms with Gasteiger partial charge in [0.15, 0.2) is 11.5 Å². The molecule has 0 saturated heterocycles. The highest BCUT2D eigenvalue weighted by Crippen LogP contribution is 2.60. The van der Waals surface area contributed by atoms with Crippen LogP contribution in [0.5, 0.6) is 11.5 Å². The Morgan fingerprint density at radius 2 is 1.50 bits per heavy atom. The van der Waals surface area contributed by atoms with Gasteiger partial charge in [0.1, 0.15) is 0 Å². The van der Waals surface area contributed by atoms with Crippen LogP contribution in [0.25, 0.3) is 0 Å². The highest BCUT2D eigenvalue weighted by atomic mass is 16.5. The molecule has 1 heterocycles. The molecule has 4 heteroatoms. The van der Waals surface area contributed by atoms with Crippen molar-refractivity contribution in [2.24, 2.45) is 23.2 Å².